The average Bonchev–Trinajstić information content (AvgIpc) is 2.22. The molecule has 0 aliphatic heterocycles. The van der Waals surface area contributed by atoms with E-state index in [1.54, 1.807) is 0 Å². The number of hydrogen-bond acceptors (Lipinski definition) is 1. The number of rotatable bonds is 0. The van der Waals surface area contributed by atoms with E-state index in [-0.39, 0.29) is 11.5 Å². The van der Waals surface area contributed by atoms with E-state index < -0.39 is 0 Å². The molecule has 2 fully saturated rings. The van der Waals surface area contributed by atoms with Crippen LogP contribution in [0.3, 0.4) is 0 Å². The van der Waals surface area contributed by atoms with Crippen molar-refractivity contribution in [2.75, 3.05) is 0 Å². The molecular formula is C17H32O. The van der Waals surface area contributed by atoms with Crippen molar-refractivity contribution in [1.82, 2.24) is 0 Å². The molecule has 18 heavy (non-hydrogen) atoms. The van der Waals surface area contributed by atoms with Crippen molar-refractivity contribution in [2.45, 2.75) is 79.8 Å². The third kappa shape index (κ3) is 2.24. The van der Waals surface area contributed by atoms with Gasteiger partial charge >= 0.3 is 0 Å². The molecule has 2 rings (SSSR count). The molecule has 0 aromatic rings. The van der Waals surface area contributed by atoms with E-state index in [9.17, 15) is 5.11 Å². The zero-order chi connectivity index (χ0) is 13.8. The fourth-order valence-electron chi connectivity index (χ4n) is 4.88. The molecule has 0 radical (unpaired) electrons. The third-order valence-corrected chi connectivity index (χ3v) is 6.33. The highest BCUT2D eigenvalue weighted by Crippen LogP contribution is 2.60. The van der Waals surface area contributed by atoms with Crippen molar-refractivity contribution < 1.29 is 5.11 Å². The second kappa shape index (κ2) is 4.23. The fraction of sp³-hybridized carbons (Fsp3) is 1.00. The van der Waals surface area contributed by atoms with Crippen LogP contribution in [-0.2, 0) is 0 Å². The van der Waals surface area contributed by atoms with Crippen molar-refractivity contribution in [3.63, 3.8) is 0 Å². The Hall–Kier alpha value is -0.0400. The van der Waals surface area contributed by atoms with Crippen LogP contribution in [-0.4, -0.2) is 11.2 Å². The predicted octanol–water partition coefficient (Wildman–Crippen LogP) is 4.64. The molecule has 0 aromatic carbocycles. The van der Waals surface area contributed by atoms with Crippen molar-refractivity contribution in [3.05, 3.63) is 0 Å². The van der Waals surface area contributed by atoms with E-state index in [0.717, 1.165) is 12.3 Å². The summed E-state index contributed by atoms with van der Waals surface area (Å²) in [6.07, 6.45) is 6.13. The van der Waals surface area contributed by atoms with Gasteiger partial charge in [-0.3, -0.25) is 0 Å². The zero-order valence-electron chi connectivity index (χ0n) is 13.2. The van der Waals surface area contributed by atoms with Crippen LogP contribution >= 0.6 is 0 Å². The first-order chi connectivity index (χ1) is 8.07. The molecule has 2 aliphatic rings. The van der Waals surface area contributed by atoms with E-state index in [4.69, 9.17) is 0 Å². The summed E-state index contributed by atoms with van der Waals surface area (Å²) in [5.41, 5.74) is 1.00. The number of fused-ring (bicyclic) bond motifs is 1. The van der Waals surface area contributed by atoms with Gasteiger partial charge < -0.3 is 5.11 Å². The highest BCUT2D eigenvalue weighted by molar-refractivity contribution is 5.03. The maximum absolute atomic E-state index is 10.3. The predicted molar refractivity (Wildman–Crippen MR) is 77.4 cm³/mol. The maximum atomic E-state index is 10.3. The van der Waals surface area contributed by atoms with Crippen molar-refractivity contribution in [2.24, 2.45) is 28.1 Å². The van der Waals surface area contributed by atoms with Gasteiger partial charge in [0.05, 0.1) is 6.10 Å². The number of aliphatic hydroxyl groups is 1. The van der Waals surface area contributed by atoms with Crippen molar-refractivity contribution >= 4 is 0 Å². The average molecular weight is 252 g/mol. The highest BCUT2D eigenvalue weighted by Gasteiger charge is 2.53. The minimum Gasteiger partial charge on any atom is -0.393 e. The Kier molecular flexibility index (Phi) is 3.38. The first-order valence-corrected chi connectivity index (χ1v) is 7.75. The summed E-state index contributed by atoms with van der Waals surface area (Å²) in [6.45, 7) is 14.2. The molecule has 0 heterocycles. The first kappa shape index (κ1) is 14.4. The second-order valence-corrected chi connectivity index (χ2v) is 8.93. The molecule has 2 saturated carbocycles. The van der Waals surface area contributed by atoms with Crippen LogP contribution in [0.25, 0.3) is 0 Å². The van der Waals surface area contributed by atoms with E-state index in [1.165, 1.54) is 25.7 Å². The summed E-state index contributed by atoms with van der Waals surface area (Å²) >= 11 is 0. The van der Waals surface area contributed by atoms with E-state index in [0.29, 0.717) is 16.7 Å². The molecule has 0 spiro atoms. The van der Waals surface area contributed by atoms with Gasteiger partial charge in [-0.25, -0.2) is 0 Å². The second-order valence-electron chi connectivity index (χ2n) is 8.93. The molecule has 0 aromatic heterocycles. The van der Waals surface area contributed by atoms with Gasteiger partial charge in [-0.2, -0.15) is 0 Å². The molecule has 0 amide bonds. The standard InChI is InChI=1S/C17H32O/c1-15(2,3)12-7-8-13-16(4,5)14(18)9-10-17(13,6)11-12/h12-14,18H,7-11H2,1-6H3. The van der Waals surface area contributed by atoms with Gasteiger partial charge in [0.25, 0.3) is 0 Å². The minimum atomic E-state index is -0.0956. The maximum Gasteiger partial charge on any atom is 0.0594 e. The topological polar surface area (TPSA) is 20.2 Å². The normalized spacial score (nSPS) is 44.5. The van der Waals surface area contributed by atoms with Crippen LogP contribution in [0.1, 0.15) is 73.6 Å². The molecule has 0 saturated heterocycles. The lowest BCUT2D eigenvalue weighted by atomic mass is 9.47. The van der Waals surface area contributed by atoms with Gasteiger partial charge in [-0.15, -0.1) is 0 Å². The Balaban J connectivity index is 2.22. The minimum absolute atomic E-state index is 0.0956. The molecule has 1 nitrogen and oxygen atoms in total. The molecule has 0 bridgehead atoms. The lowest BCUT2D eigenvalue weighted by Crippen LogP contribution is -2.53. The van der Waals surface area contributed by atoms with Crippen LogP contribution in [0.5, 0.6) is 0 Å². The van der Waals surface area contributed by atoms with Gasteiger partial charge in [0.15, 0.2) is 0 Å². The van der Waals surface area contributed by atoms with Crippen LogP contribution in [0.2, 0.25) is 0 Å². The van der Waals surface area contributed by atoms with Crippen molar-refractivity contribution in [3.8, 4) is 0 Å². The third-order valence-electron chi connectivity index (χ3n) is 6.33. The molecule has 1 N–H and O–H groups in total. The fourth-order valence-corrected chi connectivity index (χ4v) is 4.88. The quantitative estimate of drug-likeness (QED) is 0.666. The van der Waals surface area contributed by atoms with Crippen LogP contribution in [0.15, 0.2) is 0 Å². The Morgan fingerprint density at radius 2 is 1.61 bits per heavy atom. The molecular weight excluding hydrogens is 220 g/mol. The van der Waals surface area contributed by atoms with Gasteiger partial charge in [0, 0.05) is 0 Å². The van der Waals surface area contributed by atoms with Gasteiger partial charge in [0.1, 0.15) is 0 Å². The van der Waals surface area contributed by atoms with Gasteiger partial charge in [-0.05, 0) is 60.2 Å². The lowest BCUT2D eigenvalue weighted by molar-refractivity contribution is -0.130. The van der Waals surface area contributed by atoms with Crippen LogP contribution in [0.4, 0.5) is 0 Å². The zero-order valence-corrected chi connectivity index (χ0v) is 13.2. The summed E-state index contributed by atoms with van der Waals surface area (Å²) in [5, 5.41) is 10.3. The SMILES string of the molecule is CC(C)(C)C1CCC2C(C)(CCC(O)C2(C)C)C1. The Morgan fingerprint density at radius 3 is 2.17 bits per heavy atom. The largest absolute Gasteiger partial charge is 0.393 e. The highest BCUT2D eigenvalue weighted by atomic mass is 16.3. The van der Waals surface area contributed by atoms with Gasteiger partial charge in [0.2, 0.25) is 0 Å². The smallest absolute Gasteiger partial charge is 0.0594 e. The molecule has 1 heteroatoms. The summed E-state index contributed by atoms with van der Waals surface area (Å²) in [4.78, 5) is 0. The van der Waals surface area contributed by atoms with E-state index in [1.807, 2.05) is 0 Å². The lowest BCUT2D eigenvalue weighted by Gasteiger charge is -2.58. The molecule has 4 atom stereocenters. The number of hydrogen-bond donors (Lipinski definition) is 1. The molecule has 4 unspecified atom stereocenters. The Labute approximate surface area is 113 Å². The summed E-state index contributed by atoms with van der Waals surface area (Å²) in [5.74, 6) is 1.55. The van der Waals surface area contributed by atoms with E-state index >= 15 is 0 Å². The molecule has 106 valence electrons. The van der Waals surface area contributed by atoms with Crippen LogP contribution in [0, 0.1) is 28.1 Å². The summed E-state index contributed by atoms with van der Waals surface area (Å²) in [7, 11) is 0. The molecule has 2 aliphatic carbocycles. The van der Waals surface area contributed by atoms with Gasteiger partial charge in [-0.1, -0.05) is 41.5 Å². The monoisotopic (exact) mass is 252 g/mol. The number of aliphatic hydroxyl groups excluding tert-OH is 1. The van der Waals surface area contributed by atoms with Crippen LogP contribution < -0.4 is 0 Å². The summed E-state index contributed by atoms with van der Waals surface area (Å²) < 4.78 is 0. The summed E-state index contributed by atoms with van der Waals surface area (Å²) in [6, 6.07) is 0. The van der Waals surface area contributed by atoms with Crippen molar-refractivity contribution in [1.29, 1.82) is 0 Å². The van der Waals surface area contributed by atoms with E-state index in [2.05, 4.69) is 41.5 Å². The Morgan fingerprint density at radius 1 is 1.00 bits per heavy atom. The Bertz CT molecular complexity index is 312. The first-order valence-electron chi connectivity index (χ1n) is 7.75.